The van der Waals surface area contributed by atoms with E-state index in [9.17, 15) is 0 Å². The summed E-state index contributed by atoms with van der Waals surface area (Å²) in [5.41, 5.74) is 0.330. The van der Waals surface area contributed by atoms with Gasteiger partial charge in [0.2, 0.25) is 0 Å². The van der Waals surface area contributed by atoms with Crippen LogP contribution in [-0.2, 0) is 4.74 Å². The Morgan fingerprint density at radius 3 is 2.38 bits per heavy atom. The van der Waals surface area contributed by atoms with Crippen LogP contribution < -0.4 is 5.32 Å². The predicted octanol–water partition coefficient (Wildman–Crippen LogP) is 3.44. The van der Waals surface area contributed by atoms with Gasteiger partial charge in [0.1, 0.15) is 0 Å². The van der Waals surface area contributed by atoms with Crippen molar-refractivity contribution in [2.24, 2.45) is 5.92 Å². The molecule has 0 aromatic heterocycles. The van der Waals surface area contributed by atoms with Gasteiger partial charge < -0.3 is 15.0 Å². The molecule has 3 nitrogen and oxygen atoms in total. The number of ether oxygens (including phenoxy) is 1. The third kappa shape index (κ3) is 4.20. The molecule has 1 heterocycles. The van der Waals surface area contributed by atoms with Gasteiger partial charge in [0.25, 0.3) is 0 Å². The minimum absolute atomic E-state index is 0.330. The van der Waals surface area contributed by atoms with Crippen molar-refractivity contribution in [3.8, 4) is 0 Å². The fourth-order valence-corrected chi connectivity index (χ4v) is 4.50. The highest BCUT2D eigenvalue weighted by Crippen LogP contribution is 2.38. The highest BCUT2D eigenvalue weighted by molar-refractivity contribution is 5.03. The van der Waals surface area contributed by atoms with E-state index in [2.05, 4.69) is 31.2 Å². The maximum absolute atomic E-state index is 5.83. The van der Waals surface area contributed by atoms with E-state index in [1.54, 1.807) is 0 Å². The van der Waals surface area contributed by atoms with E-state index < -0.39 is 0 Å². The largest absolute Gasteiger partial charge is 0.381 e. The molecule has 3 heteroatoms. The van der Waals surface area contributed by atoms with Gasteiger partial charge in [0.05, 0.1) is 6.61 Å². The quantitative estimate of drug-likeness (QED) is 0.760. The Morgan fingerprint density at radius 2 is 1.86 bits per heavy atom. The first-order valence-electron chi connectivity index (χ1n) is 9.19. The number of nitrogens with zero attached hydrogens (tertiary/aromatic N) is 1. The van der Waals surface area contributed by atoms with Crippen LogP contribution in [0.5, 0.6) is 0 Å². The maximum Gasteiger partial charge on any atom is 0.0509 e. The molecule has 0 radical (unpaired) electrons. The van der Waals surface area contributed by atoms with Crippen molar-refractivity contribution in [3.05, 3.63) is 0 Å². The molecule has 2 unspecified atom stereocenters. The van der Waals surface area contributed by atoms with Crippen LogP contribution in [0.25, 0.3) is 0 Å². The molecule has 1 saturated carbocycles. The number of rotatable bonds is 6. The van der Waals surface area contributed by atoms with Crippen LogP contribution in [0.3, 0.4) is 0 Å². The summed E-state index contributed by atoms with van der Waals surface area (Å²) in [6.45, 7) is 5.33. The third-order valence-electron chi connectivity index (χ3n) is 5.72. The number of nitrogens with one attached hydrogen (secondary N) is 1. The zero-order valence-corrected chi connectivity index (χ0v) is 14.5. The molecule has 1 aliphatic carbocycles. The zero-order chi connectivity index (χ0) is 15.1. The van der Waals surface area contributed by atoms with E-state index in [4.69, 9.17) is 4.74 Å². The number of hydrogen-bond acceptors (Lipinski definition) is 3. The van der Waals surface area contributed by atoms with Gasteiger partial charge in [-0.1, -0.05) is 32.6 Å². The van der Waals surface area contributed by atoms with E-state index in [1.807, 2.05) is 0 Å². The van der Waals surface area contributed by atoms with Crippen LogP contribution in [0, 0.1) is 5.92 Å². The van der Waals surface area contributed by atoms with Crippen molar-refractivity contribution in [2.45, 2.75) is 76.3 Å². The van der Waals surface area contributed by atoms with Crippen LogP contribution in [-0.4, -0.2) is 50.3 Å². The summed E-state index contributed by atoms with van der Waals surface area (Å²) in [5.74, 6) is 0.686. The molecule has 2 atom stereocenters. The highest BCUT2D eigenvalue weighted by atomic mass is 16.5. The number of hydrogen-bond donors (Lipinski definition) is 1. The van der Waals surface area contributed by atoms with Crippen molar-refractivity contribution >= 4 is 0 Å². The average molecular weight is 296 g/mol. The summed E-state index contributed by atoms with van der Waals surface area (Å²) in [6.07, 6.45) is 12.1. The van der Waals surface area contributed by atoms with E-state index in [1.165, 1.54) is 57.8 Å². The van der Waals surface area contributed by atoms with Crippen molar-refractivity contribution in [2.75, 3.05) is 33.9 Å². The Hall–Kier alpha value is -0.120. The van der Waals surface area contributed by atoms with E-state index in [0.29, 0.717) is 17.5 Å². The second-order valence-corrected chi connectivity index (χ2v) is 7.32. The Balaban J connectivity index is 2.19. The first kappa shape index (κ1) is 17.2. The van der Waals surface area contributed by atoms with E-state index in [-0.39, 0.29) is 0 Å². The maximum atomic E-state index is 5.83. The third-order valence-corrected chi connectivity index (χ3v) is 5.72. The van der Waals surface area contributed by atoms with Crippen molar-refractivity contribution < 1.29 is 4.74 Å². The normalized spacial score (nSPS) is 28.3. The summed E-state index contributed by atoms with van der Waals surface area (Å²) in [7, 11) is 4.60. The van der Waals surface area contributed by atoms with Crippen LogP contribution in [0.2, 0.25) is 0 Å². The van der Waals surface area contributed by atoms with Gasteiger partial charge in [-0.25, -0.2) is 0 Å². The van der Waals surface area contributed by atoms with Gasteiger partial charge in [-0.3, -0.25) is 0 Å². The summed E-state index contributed by atoms with van der Waals surface area (Å²) in [6, 6.07) is 0.589. The Kier molecular flexibility index (Phi) is 6.97. The van der Waals surface area contributed by atoms with Gasteiger partial charge >= 0.3 is 0 Å². The summed E-state index contributed by atoms with van der Waals surface area (Å²) in [5, 5.41) is 3.94. The van der Waals surface area contributed by atoms with Crippen molar-refractivity contribution in [3.63, 3.8) is 0 Å². The van der Waals surface area contributed by atoms with Crippen molar-refractivity contribution in [1.29, 1.82) is 0 Å². The minimum Gasteiger partial charge on any atom is -0.381 e. The van der Waals surface area contributed by atoms with Gasteiger partial charge in [-0.05, 0) is 58.7 Å². The SMILES string of the molecule is CCCNC(C1CCCOC1)C1(N(C)C)CCCCCC1. The van der Waals surface area contributed by atoms with E-state index >= 15 is 0 Å². The monoisotopic (exact) mass is 296 g/mol. The minimum atomic E-state index is 0.330. The molecule has 0 aromatic carbocycles. The first-order chi connectivity index (χ1) is 10.2. The average Bonchev–Trinajstić information content (AvgIpc) is 2.76. The van der Waals surface area contributed by atoms with Crippen LogP contribution in [0.4, 0.5) is 0 Å². The molecule has 1 aliphatic heterocycles. The Bertz CT molecular complexity index is 279. The molecule has 1 saturated heterocycles. The van der Waals surface area contributed by atoms with Gasteiger partial charge in [0, 0.05) is 18.2 Å². The standard InChI is InChI=1S/C18H36N2O/c1-4-13-19-17(16-10-9-14-21-15-16)18(20(2)3)11-7-5-6-8-12-18/h16-17,19H,4-15H2,1-3H3. The molecular formula is C18H36N2O. The second kappa shape index (κ2) is 8.50. The Labute approximate surface area is 131 Å². The van der Waals surface area contributed by atoms with Gasteiger partial charge in [-0.15, -0.1) is 0 Å². The Morgan fingerprint density at radius 1 is 1.14 bits per heavy atom. The molecule has 2 rings (SSSR count). The lowest BCUT2D eigenvalue weighted by Crippen LogP contribution is -2.62. The molecule has 124 valence electrons. The summed E-state index contributed by atoms with van der Waals surface area (Å²) >= 11 is 0. The van der Waals surface area contributed by atoms with Gasteiger partial charge in [-0.2, -0.15) is 0 Å². The highest BCUT2D eigenvalue weighted by Gasteiger charge is 2.44. The van der Waals surface area contributed by atoms with Crippen LogP contribution >= 0.6 is 0 Å². The molecule has 0 bridgehead atoms. The predicted molar refractivity (Wildman–Crippen MR) is 89.7 cm³/mol. The molecule has 21 heavy (non-hydrogen) atoms. The number of likely N-dealkylation sites (N-methyl/N-ethyl adjacent to an activating group) is 1. The molecule has 2 fully saturated rings. The summed E-state index contributed by atoms with van der Waals surface area (Å²) in [4.78, 5) is 2.54. The lowest BCUT2D eigenvalue weighted by atomic mass is 9.74. The lowest BCUT2D eigenvalue weighted by molar-refractivity contribution is -0.0127. The fourth-order valence-electron chi connectivity index (χ4n) is 4.50. The van der Waals surface area contributed by atoms with Crippen LogP contribution in [0.15, 0.2) is 0 Å². The molecule has 1 N–H and O–H groups in total. The molecule has 2 aliphatic rings. The molecule has 0 spiro atoms. The van der Waals surface area contributed by atoms with E-state index in [0.717, 1.165) is 19.8 Å². The topological polar surface area (TPSA) is 24.5 Å². The molecule has 0 amide bonds. The zero-order valence-electron chi connectivity index (χ0n) is 14.5. The van der Waals surface area contributed by atoms with Gasteiger partial charge in [0.15, 0.2) is 0 Å². The smallest absolute Gasteiger partial charge is 0.0509 e. The fraction of sp³-hybridized carbons (Fsp3) is 1.00. The first-order valence-corrected chi connectivity index (χ1v) is 9.19. The van der Waals surface area contributed by atoms with Crippen LogP contribution in [0.1, 0.15) is 64.7 Å². The van der Waals surface area contributed by atoms with Crippen molar-refractivity contribution in [1.82, 2.24) is 10.2 Å². The second-order valence-electron chi connectivity index (χ2n) is 7.32. The molecule has 0 aromatic rings. The molecular weight excluding hydrogens is 260 g/mol. The lowest BCUT2D eigenvalue weighted by Gasteiger charge is -2.50. The summed E-state index contributed by atoms with van der Waals surface area (Å²) < 4.78 is 5.83.